The van der Waals surface area contributed by atoms with Crippen molar-refractivity contribution in [2.45, 2.75) is 20.3 Å². The van der Waals surface area contributed by atoms with E-state index in [1.54, 1.807) is 0 Å². The third-order valence-corrected chi connectivity index (χ3v) is 1.65. The molecule has 3 nitrogen and oxygen atoms in total. The van der Waals surface area contributed by atoms with Crippen LogP contribution in [0.25, 0.3) is 0 Å². The molecule has 0 rings (SSSR count). The SMILES string of the molecule is COC(=O)C=C(CCO)C(C)C. The Morgan fingerprint density at radius 3 is 2.50 bits per heavy atom. The maximum absolute atomic E-state index is 10.8. The van der Waals surface area contributed by atoms with Crippen molar-refractivity contribution in [1.29, 1.82) is 0 Å². The number of hydrogen-bond donors (Lipinski definition) is 1. The molecule has 0 spiro atoms. The molecule has 0 fully saturated rings. The van der Waals surface area contributed by atoms with Gasteiger partial charge in [0.05, 0.1) is 7.11 Å². The molecule has 0 unspecified atom stereocenters. The molecule has 0 aromatic rings. The summed E-state index contributed by atoms with van der Waals surface area (Å²) in [5, 5.41) is 8.68. The number of ether oxygens (including phenoxy) is 1. The van der Waals surface area contributed by atoms with E-state index in [0.717, 1.165) is 5.57 Å². The minimum atomic E-state index is -0.354. The zero-order chi connectivity index (χ0) is 9.56. The van der Waals surface area contributed by atoms with Gasteiger partial charge in [0.15, 0.2) is 0 Å². The molecule has 0 radical (unpaired) electrons. The van der Waals surface area contributed by atoms with Crippen LogP contribution in [0, 0.1) is 5.92 Å². The quantitative estimate of drug-likeness (QED) is 0.510. The molecule has 0 aromatic heterocycles. The second-order valence-electron chi connectivity index (χ2n) is 2.87. The lowest BCUT2D eigenvalue weighted by Crippen LogP contribution is -2.03. The molecule has 70 valence electrons. The van der Waals surface area contributed by atoms with Gasteiger partial charge in [0.2, 0.25) is 0 Å². The summed E-state index contributed by atoms with van der Waals surface area (Å²) in [5.41, 5.74) is 0.921. The first-order valence-electron chi connectivity index (χ1n) is 4.01. The van der Waals surface area contributed by atoms with Crippen molar-refractivity contribution in [2.75, 3.05) is 13.7 Å². The number of aliphatic hydroxyl groups is 1. The Morgan fingerprint density at radius 2 is 2.17 bits per heavy atom. The van der Waals surface area contributed by atoms with Gasteiger partial charge in [-0.25, -0.2) is 4.79 Å². The fourth-order valence-corrected chi connectivity index (χ4v) is 0.867. The van der Waals surface area contributed by atoms with Crippen LogP contribution in [0.4, 0.5) is 0 Å². The normalized spacial score (nSPS) is 11.9. The highest BCUT2D eigenvalue weighted by atomic mass is 16.5. The number of methoxy groups -OCH3 is 1. The molecule has 0 aliphatic carbocycles. The standard InChI is InChI=1S/C9H16O3/c1-7(2)8(4-5-10)6-9(11)12-3/h6-7,10H,4-5H2,1-3H3. The summed E-state index contributed by atoms with van der Waals surface area (Å²) in [6, 6.07) is 0. The smallest absolute Gasteiger partial charge is 0.330 e. The summed E-state index contributed by atoms with van der Waals surface area (Å²) < 4.78 is 4.48. The lowest BCUT2D eigenvalue weighted by Gasteiger charge is -2.08. The van der Waals surface area contributed by atoms with Gasteiger partial charge in [-0.1, -0.05) is 19.4 Å². The summed E-state index contributed by atoms with van der Waals surface area (Å²) in [7, 11) is 1.34. The molecule has 0 aliphatic heterocycles. The van der Waals surface area contributed by atoms with Gasteiger partial charge in [0.25, 0.3) is 0 Å². The Bertz CT molecular complexity index is 171. The molecule has 0 saturated heterocycles. The number of hydrogen-bond acceptors (Lipinski definition) is 3. The van der Waals surface area contributed by atoms with E-state index in [9.17, 15) is 4.79 Å². The Balaban J connectivity index is 4.27. The van der Waals surface area contributed by atoms with Gasteiger partial charge < -0.3 is 9.84 Å². The van der Waals surface area contributed by atoms with Gasteiger partial charge in [0, 0.05) is 12.7 Å². The molecule has 0 atom stereocenters. The van der Waals surface area contributed by atoms with E-state index in [0.29, 0.717) is 6.42 Å². The molecule has 0 amide bonds. The van der Waals surface area contributed by atoms with Crippen molar-refractivity contribution in [3.8, 4) is 0 Å². The number of aliphatic hydroxyl groups excluding tert-OH is 1. The zero-order valence-electron chi connectivity index (χ0n) is 7.83. The van der Waals surface area contributed by atoms with E-state index < -0.39 is 0 Å². The van der Waals surface area contributed by atoms with Gasteiger partial charge in [-0.05, 0) is 12.3 Å². The van der Waals surface area contributed by atoms with Crippen molar-refractivity contribution in [1.82, 2.24) is 0 Å². The van der Waals surface area contributed by atoms with Crippen LogP contribution in [-0.2, 0) is 9.53 Å². The van der Waals surface area contributed by atoms with Gasteiger partial charge in [-0.3, -0.25) is 0 Å². The summed E-state index contributed by atoms with van der Waals surface area (Å²) in [5.74, 6) is -0.0802. The fraction of sp³-hybridized carbons (Fsp3) is 0.667. The Morgan fingerprint density at radius 1 is 1.58 bits per heavy atom. The topological polar surface area (TPSA) is 46.5 Å². The number of rotatable bonds is 4. The second kappa shape index (κ2) is 5.77. The number of carbonyl (C=O) groups is 1. The molecule has 0 bridgehead atoms. The zero-order valence-corrected chi connectivity index (χ0v) is 7.83. The van der Waals surface area contributed by atoms with Crippen molar-refractivity contribution in [3.63, 3.8) is 0 Å². The van der Waals surface area contributed by atoms with Crippen LogP contribution in [0.5, 0.6) is 0 Å². The summed E-state index contributed by atoms with van der Waals surface area (Å²) in [6.07, 6.45) is 1.98. The van der Waals surface area contributed by atoms with E-state index in [4.69, 9.17) is 5.11 Å². The summed E-state index contributed by atoms with van der Waals surface area (Å²) in [4.78, 5) is 10.8. The van der Waals surface area contributed by atoms with Crippen molar-refractivity contribution in [3.05, 3.63) is 11.6 Å². The van der Waals surface area contributed by atoms with E-state index in [-0.39, 0.29) is 18.5 Å². The second-order valence-corrected chi connectivity index (χ2v) is 2.87. The molecule has 0 aromatic carbocycles. The predicted octanol–water partition coefficient (Wildman–Crippen LogP) is 1.12. The highest BCUT2D eigenvalue weighted by molar-refractivity contribution is 5.82. The third-order valence-electron chi connectivity index (χ3n) is 1.65. The average molecular weight is 172 g/mol. The maximum atomic E-state index is 10.8. The molecule has 12 heavy (non-hydrogen) atoms. The fourth-order valence-electron chi connectivity index (χ4n) is 0.867. The lowest BCUT2D eigenvalue weighted by molar-refractivity contribution is -0.134. The highest BCUT2D eigenvalue weighted by Crippen LogP contribution is 2.12. The van der Waals surface area contributed by atoms with Crippen LogP contribution in [0.2, 0.25) is 0 Å². The third kappa shape index (κ3) is 4.13. The Kier molecular flexibility index (Phi) is 5.37. The predicted molar refractivity (Wildman–Crippen MR) is 46.6 cm³/mol. The molecule has 0 aliphatic rings. The number of esters is 1. The average Bonchev–Trinajstić information content (AvgIpc) is 2.03. The first-order chi connectivity index (χ1) is 5.61. The van der Waals surface area contributed by atoms with Gasteiger partial charge in [-0.15, -0.1) is 0 Å². The van der Waals surface area contributed by atoms with Gasteiger partial charge in [-0.2, -0.15) is 0 Å². The van der Waals surface area contributed by atoms with E-state index in [2.05, 4.69) is 4.74 Å². The first-order valence-corrected chi connectivity index (χ1v) is 4.01. The van der Waals surface area contributed by atoms with Crippen molar-refractivity contribution < 1.29 is 14.6 Å². The van der Waals surface area contributed by atoms with Crippen LogP contribution >= 0.6 is 0 Å². The van der Waals surface area contributed by atoms with Crippen molar-refractivity contribution >= 4 is 5.97 Å². The highest BCUT2D eigenvalue weighted by Gasteiger charge is 2.05. The van der Waals surface area contributed by atoms with Crippen LogP contribution in [0.15, 0.2) is 11.6 Å². The maximum Gasteiger partial charge on any atom is 0.330 e. The van der Waals surface area contributed by atoms with Crippen LogP contribution in [-0.4, -0.2) is 24.8 Å². The molecule has 0 saturated carbocycles. The number of carbonyl (C=O) groups excluding carboxylic acids is 1. The van der Waals surface area contributed by atoms with Gasteiger partial charge >= 0.3 is 5.97 Å². The van der Waals surface area contributed by atoms with Gasteiger partial charge in [0.1, 0.15) is 0 Å². The molecular formula is C9H16O3. The summed E-state index contributed by atoms with van der Waals surface area (Å²) >= 11 is 0. The Hall–Kier alpha value is -0.830. The van der Waals surface area contributed by atoms with Crippen LogP contribution in [0.3, 0.4) is 0 Å². The molecule has 1 N–H and O–H groups in total. The Labute approximate surface area is 73.0 Å². The van der Waals surface area contributed by atoms with E-state index >= 15 is 0 Å². The lowest BCUT2D eigenvalue weighted by atomic mass is 10.0. The van der Waals surface area contributed by atoms with Crippen molar-refractivity contribution in [2.24, 2.45) is 5.92 Å². The van der Waals surface area contributed by atoms with Crippen LogP contribution < -0.4 is 0 Å². The first kappa shape index (κ1) is 11.2. The minimum absolute atomic E-state index is 0.0704. The molecule has 0 heterocycles. The minimum Gasteiger partial charge on any atom is -0.466 e. The van der Waals surface area contributed by atoms with E-state index in [1.165, 1.54) is 13.2 Å². The summed E-state index contributed by atoms with van der Waals surface area (Å²) in [6.45, 7) is 4.02. The van der Waals surface area contributed by atoms with Crippen LogP contribution in [0.1, 0.15) is 20.3 Å². The largest absolute Gasteiger partial charge is 0.466 e. The monoisotopic (exact) mass is 172 g/mol. The van der Waals surface area contributed by atoms with E-state index in [1.807, 2.05) is 13.8 Å². The molecule has 3 heteroatoms. The molecular weight excluding hydrogens is 156 g/mol.